The standard InChI is InChI=1S/C12H17N5O3S/c1-4-7-13-10-5-6-11(15-14-10)17-21(18,19)12-8(2)16-20-9(12)3/h5-6H,4,7H2,1-3H3,(H,13,14)(H,15,17). The summed E-state index contributed by atoms with van der Waals surface area (Å²) in [5.74, 6) is 0.961. The van der Waals surface area contributed by atoms with E-state index >= 15 is 0 Å². The Bertz CT molecular complexity index is 689. The number of nitrogens with one attached hydrogen (secondary N) is 2. The van der Waals surface area contributed by atoms with Crippen LogP contribution in [0.3, 0.4) is 0 Å². The third-order valence-corrected chi connectivity index (χ3v) is 4.29. The van der Waals surface area contributed by atoms with Crippen molar-refractivity contribution in [1.82, 2.24) is 15.4 Å². The highest BCUT2D eigenvalue weighted by atomic mass is 32.2. The smallest absolute Gasteiger partial charge is 0.268 e. The van der Waals surface area contributed by atoms with Crippen molar-refractivity contribution >= 4 is 21.7 Å². The summed E-state index contributed by atoms with van der Waals surface area (Å²) >= 11 is 0. The fourth-order valence-corrected chi connectivity index (χ4v) is 3.11. The Kier molecular flexibility index (Phi) is 4.41. The lowest BCUT2D eigenvalue weighted by Crippen LogP contribution is -2.16. The molecule has 21 heavy (non-hydrogen) atoms. The lowest BCUT2D eigenvalue weighted by Gasteiger charge is -2.07. The molecular formula is C12H17N5O3S. The van der Waals surface area contributed by atoms with Gasteiger partial charge in [-0.1, -0.05) is 12.1 Å². The van der Waals surface area contributed by atoms with Crippen LogP contribution >= 0.6 is 0 Å². The van der Waals surface area contributed by atoms with E-state index in [9.17, 15) is 8.42 Å². The van der Waals surface area contributed by atoms with Gasteiger partial charge in [0.25, 0.3) is 10.0 Å². The van der Waals surface area contributed by atoms with E-state index in [1.807, 2.05) is 6.92 Å². The third kappa shape index (κ3) is 3.48. The molecule has 0 amide bonds. The minimum Gasteiger partial charge on any atom is -0.369 e. The Hall–Kier alpha value is -2.16. The number of anilines is 2. The van der Waals surface area contributed by atoms with Gasteiger partial charge in [0.15, 0.2) is 16.5 Å². The molecule has 2 heterocycles. The van der Waals surface area contributed by atoms with Gasteiger partial charge in [-0.3, -0.25) is 4.72 Å². The van der Waals surface area contributed by atoms with Gasteiger partial charge in [0.05, 0.1) is 0 Å². The van der Waals surface area contributed by atoms with Crippen LogP contribution in [-0.2, 0) is 10.0 Å². The van der Waals surface area contributed by atoms with E-state index in [1.54, 1.807) is 19.1 Å². The van der Waals surface area contributed by atoms with Crippen LogP contribution in [0.15, 0.2) is 21.6 Å². The van der Waals surface area contributed by atoms with E-state index in [0.717, 1.165) is 13.0 Å². The number of sulfonamides is 1. The van der Waals surface area contributed by atoms with Gasteiger partial charge in [0, 0.05) is 6.54 Å². The van der Waals surface area contributed by atoms with Gasteiger partial charge in [-0.2, -0.15) is 0 Å². The molecule has 8 nitrogen and oxygen atoms in total. The Morgan fingerprint density at radius 3 is 2.38 bits per heavy atom. The number of aryl methyl sites for hydroxylation is 2. The molecule has 0 aliphatic rings. The predicted molar refractivity (Wildman–Crippen MR) is 77.6 cm³/mol. The van der Waals surface area contributed by atoms with Crippen LogP contribution in [0.25, 0.3) is 0 Å². The number of hydrogen-bond acceptors (Lipinski definition) is 7. The molecule has 0 fully saturated rings. The summed E-state index contributed by atoms with van der Waals surface area (Å²) in [7, 11) is -3.79. The van der Waals surface area contributed by atoms with Crippen LogP contribution in [0.4, 0.5) is 11.6 Å². The molecule has 0 radical (unpaired) electrons. The minimum atomic E-state index is -3.79. The first kappa shape index (κ1) is 15.2. The maximum Gasteiger partial charge on any atom is 0.268 e. The second-order valence-electron chi connectivity index (χ2n) is 4.49. The van der Waals surface area contributed by atoms with Crippen molar-refractivity contribution < 1.29 is 12.9 Å². The van der Waals surface area contributed by atoms with Crippen molar-refractivity contribution in [1.29, 1.82) is 0 Å². The largest absolute Gasteiger partial charge is 0.369 e. The van der Waals surface area contributed by atoms with E-state index < -0.39 is 10.0 Å². The van der Waals surface area contributed by atoms with Gasteiger partial charge in [0.1, 0.15) is 11.5 Å². The molecule has 0 saturated carbocycles. The average Bonchev–Trinajstić information content (AvgIpc) is 2.77. The van der Waals surface area contributed by atoms with Crippen molar-refractivity contribution in [3.63, 3.8) is 0 Å². The van der Waals surface area contributed by atoms with Crippen LogP contribution < -0.4 is 10.0 Å². The Labute approximate surface area is 123 Å². The zero-order valence-corrected chi connectivity index (χ0v) is 12.9. The summed E-state index contributed by atoms with van der Waals surface area (Å²) in [6.45, 7) is 5.91. The topological polar surface area (TPSA) is 110 Å². The second-order valence-corrected chi connectivity index (χ2v) is 6.11. The number of aromatic nitrogens is 3. The summed E-state index contributed by atoms with van der Waals surface area (Å²) in [5, 5.41) is 14.4. The van der Waals surface area contributed by atoms with E-state index in [0.29, 0.717) is 11.5 Å². The number of rotatable bonds is 6. The van der Waals surface area contributed by atoms with E-state index in [4.69, 9.17) is 4.52 Å². The fraction of sp³-hybridized carbons (Fsp3) is 0.417. The maximum atomic E-state index is 12.3. The van der Waals surface area contributed by atoms with Crippen LogP contribution in [0.1, 0.15) is 24.8 Å². The molecule has 0 aliphatic carbocycles. The van der Waals surface area contributed by atoms with Crippen LogP contribution in [-0.4, -0.2) is 30.3 Å². The molecule has 2 N–H and O–H groups in total. The van der Waals surface area contributed by atoms with Gasteiger partial charge in [-0.05, 0) is 32.4 Å². The molecule has 0 unspecified atom stereocenters. The summed E-state index contributed by atoms with van der Waals surface area (Å²) in [6.07, 6.45) is 0.960. The molecule has 0 saturated heterocycles. The van der Waals surface area contributed by atoms with Crippen LogP contribution in [0.5, 0.6) is 0 Å². The van der Waals surface area contributed by atoms with E-state index in [1.165, 1.54) is 6.92 Å². The quantitative estimate of drug-likeness (QED) is 0.835. The molecule has 0 aliphatic heterocycles. The Morgan fingerprint density at radius 2 is 1.86 bits per heavy atom. The van der Waals surface area contributed by atoms with Crippen molar-refractivity contribution in [2.24, 2.45) is 0 Å². The highest BCUT2D eigenvalue weighted by Gasteiger charge is 2.24. The molecule has 0 spiro atoms. The van der Waals surface area contributed by atoms with E-state index in [2.05, 4.69) is 25.4 Å². The monoisotopic (exact) mass is 311 g/mol. The zero-order chi connectivity index (χ0) is 15.5. The molecule has 2 aromatic heterocycles. The molecule has 0 atom stereocenters. The van der Waals surface area contributed by atoms with Crippen LogP contribution in [0.2, 0.25) is 0 Å². The third-order valence-electron chi connectivity index (χ3n) is 2.70. The van der Waals surface area contributed by atoms with Gasteiger partial charge in [-0.15, -0.1) is 10.2 Å². The molecular weight excluding hydrogens is 294 g/mol. The first-order valence-electron chi connectivity index (χ1n) is 6.47. The lowest BCUT2D eigenvalue weighted by molar-refractivity contribution is 0.390. The molecule has 2 aromatic rings. The van der Waals surface area contributed by atoms with Crippen molar-refractivity contribution in [2.75, 3.05) is 16.6 Å². The molecule has 0 bridgehead atoms. The Morgan fingerprint density at radius 1 is 1.19 bits per heavy atom. The lowest BCUT2D eigenvalue weighted by atomic mass is 10.4. The summed E-state index contributed by atoms with van der Waals surface area (Å²) in [6, 6.07) is 3.20. The Balaban J connectivity index is 2.17. The predicted octanol–water partition coefficient (Wildman–Crippen LogP) is 1.70. The number of nitrogens with zero attached hydrogens (tertiary/aromatic N) is 3. The van der Waals surface area contributed by atoms with Gasteiger partial charge in [0.2, 0.25) is 0 Å². The number of hydrogen-bond donors (Lipinski definition) is 2. The SMILES string of the molecule is CCCNc1ccc(NS(=O)(=O)c2c(C)noc2C)nn1. The van der Waals surface area contributed by atoms with Crippen LogP contribution in [0, 0.1) is 13.8 Å². The summed E-state index contributed by atoms with van der Waals surface area (Å²) < 4.78 is 31.8. The highest BCUT2D eigenvalue weighted by Crippen LogP contribution is 2.21. The van der Waals surface area contributed by atoms with Crippen molar-refractivity contribution in [3.8, 4) is 0 Å². The molecule has 9 heteroatoms. The first-order chi connectivity index (χ1) is 9.94. The normalized spacial score (nSPS) is 11.4. The van der Waals surface area contributed by atoms with Gasteiger partial charge in [-0.25, -0.2) is 8.42 Å². The molecule has 0 aromatic carbocycles. The highest BCUT2D eigenvalue weighted by molar-refractivity contribution is 7.92. The van der Waals surface area contributed by atoms with Crippen molar-refractivity contribution in [2.45, 2.75) is 32.1 Å². The fourth-order valence-electron chi connectivity index (χ4n) is 1.78. The summed E-state index contributed by atoms with van der Waals surface area (Å²) in [5.41, 5.74) is 0.300. The zero-order valence-electron chi connectivity index (χ0n) is 12.0. The second kappa shape index (κ2) is 6.08. The van der Waals surface area contributed by atoms with Crippen molar-refractivity contribution in [3.05, 3.63) is 23.6 Å². The maximum absolute atomic E-state index is 12.3. The average molecular weight is 311 g/mol. The van der Waals surface area contributed by atoms with E-state index in [-0.39, 0.29) is 16.5 Å². The molecule has 114 valence electrons. The molecule has 2 rings (SSSR count). The minimum absolute atomic E-state index is 0.0254. The van der Waals surface area contributed by atoms with Gasteiger partial charge < -0.3 is 9.84 Å². The first-order valence-corrected chi connectivity index (χ1v) is 7.95. The summed E-state index contributed by atoms with van der Waals surface area (Å²) in [4.78, 5) is 0.0254. The van der Waals surface area contributed by atoms with Gasteiger partial charge >= 0.3 is 0 Å².